The lowest BCUT2D eigenvalue weighted by atomic mass is 10.0. The molecule has 1 unspecified atom stereocenters. The summed E-state index contributed by atoms with van der Waals surface area (Å²) in [5.41, 5.74) is 0.684. The highest BCUT2D eigenvalue weighted by molar-refractivity contribution is 7.88. The zero-order valence-corrected chi connectivity index (χ0v) is 12.2. The molecule has 1 aromatic carbocycles. The minimum atomic E-state index is -3.18. The molecule has 0 saturated carbocycles. The normalized spacial score (nSPS) is 14.4. The first-order valence-corrected chi connectivity index (χ1v) is 7.86. The van der Waals surface area contributed by atoms with E-state index in [1.807, 2.05) is 32.0 Å². The Hall–Kier alpha value is -0.910. The van der Waals surface area contributed by atoms with Crippen LogP contribution in [0.2, 0.25) is 0 Å². The van der Waals surface area contributed by atoms with Crippen LogP contribution >= 0.6 is 0 Å². The Morgan fingerprint density at radius 2 is 1.78 bits per heavy atom. The molecule has 102 valence electrons. The highest BCUT2D eigenvalue weighted by Crippen LogP contribution is 2.12. The lowest BCUT2D eigenvalue weighted by Gasteiger charge is -2.27. The summed E-state index contributed by atoms with van der Waals surface area (Å²) in [6.45, 7) is 6.35. The predicted molar refractivity (Wildman–Crippen MR) is 74.9 cm³/mol. The molecule has 1 atom stereocenters. The molecular formula is C13H22N2O2S. The summed E-state index contributed by atoms with van der Waals surface area (Å²) in [5, 5.41) is 3.33. The van der Waals surface area contributed by atoms with E-state index in [9.17, 15) is 8.42 Å². The molecule has 0 amide bonds. The Bertz CT molecular complexity index is 469. The van der Waals surface area contributed by atoms with E-state index in [0.29, 0.717) is 6.54 Å². The smallest absolute Gasteiger partial charge is 0.209 e. The molecule has 4 nitrogen and oxygen atoms in total. The van der Waals surface area contributed by atoms with E-state index >= 15 is 0 Å². The molecule has 0 aliphatic heterocycles. The first kappa shape index (κ1) is 15.1. The fourth-order valence-corrected chi connectivity index (χ4v) is 2.88. The summed E-state index contributed by atoms with van der Waals surface area (Å²) in [7, 11) is -3.18. The van der Waals surface area contributed by atoms with Gasteiger partial charge < -0.3 is 5.32 Å². The predicted octanol–water partition coefficient (Wildman–Crippen LogP) is 1.66. The van der Waals surface area contributed by atoms with Crippen molar-refractivity contribution < 1.29 is 8.42 Å². The van der Waals surface area contributed by atoms with Gasteiger partial charge in [-0.25, -0.2) is 13.1 Å². The molecule has 0 aliphatic rings. The van der Waals surface area contributed by atoms with Gasteiger partial charge in [-0.05, 0) is 26.3 Å². The first-order chi connectivity index (χ1) is 8.20. The Labute approximate surface area is 110 Å². The lowest BCUT2D eigenvalue weighted by molar-refractivity contribution is 0.399. The largest absolute Gasteiger partial charge is 0.308 e. The molecule has 0 saturated heterocycles. The third-order valence-electron chi connectivity index (χ3n) is 2.61. The van der Waals surface area contributed by atoms with Crippen molar-refractivity contribution in [2.75, 3.05) is 12.8 Å². The maximum Gasteiger partial charge on any atom is 0.209 e. The summed E-state index contributed by atoms with van der Waals surface area (Å²) >= 11 is 0. The van der Waals surface area contributed by atoms with E-state index in [0.717, 1.165) is 0 Å². The van der Waals surface area contributed by atoms with E-state index in [4.69, 9.17) is 0 Å². The molecule has 0 aromatic heterocycles. The van der Waals surface area contributed by atoms with Gasteiger partial charge >= 0.3 is 0 Å². The SMILES string of the molecule is CC(NCC(C)(C)NS(C)(=O)=O)c1ccccc1. The summed E-state index contributed by atoms with van der Waals surface area (Å²) in [6.07, 6.45) is 1.18. The average Bonchev–Trinajstić information content (AvgIpc) is 2.24. The molecule has 0 aliphatic carbocycles. The minimum absolute atomic E-state index is 0.187. The van der Waals surface area contributed by atoms with E-state index in [2.05, 4.69) is 29.1 Å². The summed E-state index contributed by atoms with van der Waals surface area (Å²) in [5.74, 6) is 0. The van der Waals surface area contributed by atoms with Crippen LogP contribution in [0.25, 0.3) is 0 Å². The molecule has 5 heteroatoms. The highest BCUT2D eigenvalue weighted by Gasteiger charge is 2.22. The lowest BCUT2D eigenvalue weighted by Crippen LogP contribution is -2.50. The Balaban J connectivity index is 2.55. The average molecular weight is 270 g/mol. The first-order valence-electron chi connectivity index (χ1n) is 5.97. The molecule has 0 spiro atoms. The number of benzene rings is 1. The fourth-order valence-electron chi connectivity index (χ4n) is 1.81. The van der Waals surface area contributed by atoms with Crippen LogP contribution in [0, 0.1) is 0 Å². The summed E-state index contributed by atoms with van der Waals surface area (Å²) < 4.78 is 25.1. The van der Waals surface area contributed by atoms with Gasteiger partial charge in [-0.1, -0.05) is 30.3 Å². The minimum Gasteiger partial charge on any atom is -0.308 e. The second-order valence-electron chi connectivity index (χ2n) is 5.27. The molecule has 0 heterocycles. The van der Waals surface area contributed by atoms with E-state index in [-0.39, 0.29) is 6.04 Å². The molecule has 2 N–H and O–H groups in total. The van der Waals surface area contributed by atoms with Crippen molar-refractivity contribution >= 4 is 10.0 Å². The molecule has 0 fully saturated rings. The fraction of sp³-hybridized carbons (Fsp3) is 0.538. The maximum absolute atomic E-state index is 11.2. The summed E-state index contributed by atoms with van der Waals surface area (Å²) in [6, 6.07) is 10.3. The van der Waals surface area contributed by atoms with Crippen molar-refractivity contribution in [3.05, 3.63) is 35.9 Å². The molecule has 18 heavy (non-hydrogen) atoms. The van der Waals surface area contributed by atoms with Gasteiger partial charge in [-0.3, -0.25) is 0 Å². The zero-order valence-electron chi connectivity index (χ0n) is 11.4. The number of sulfonamides is 1. The standard InChI is InChI=1S/C13H22N2O2S/c1-11(12-8-6-5-7-9-12)14-10-13(2,3)15-18(4,16)17/h5-9,11,14-15H,10H2,1-4H3. The van der Waals surface area contributed by atoms with Crippen LogP contribution in [-0.4, -0.2) is 26.8 Å². The molecule has 0 radical (unpaired) electrons. The van der Waals surface area contributed by atoms with E-state index in [1.54, 1.807) is 0 Å². The van der Waals surface area contributed by atoms with Crippen LogP contribution in [0.15, 0.2) is 30.3 Å². The van der Waals surface area contributed by atoms with Gasteiger partial charge in [-0.15, -0.1) is 0 Å². The topological polar surface area (TPSA) is 58.2 Å². The third-order valence-corrected chi connectivity index (χ3v) is 3.53. The van der Waals surface area contributed by atoms with Gasteiger partial charge in [0.25, 0.3) is 0 Å². The monoisotopic (exact) mass is 270 g/mol. The Kier molecular flexibility index (Phi) is 4.90. The van der Waals surface area contributed by atoms with Crippen LogP contribution in [0.3, 0.4) is 0 Å². The Morgan fingerprint density at radius 3 is 2.28 bits per heavy atom. The van der Waals surface area contributed by atoms with Gasteiger partial charge in [0.15, 0.2) is 0 Å². The Morgan fingerprint density at radius 1 is 1.22 bits per heavy atom. The highest BCUT2D eigenvalue weighted by atomic mass is 32.2. The zero-order chi connectivity index (χ0) is 13.8. The van der Waals surface area contributed by atoms with Crippen molar-refractivity contribution in [1.29, 1.82) is 0 Å². The van der Waals surface area contributed by atoms with Gasteiger partial charge in [0.05, 0.1) is 6.26 Å². The van der Waals surface area contributed by atoms with E-state index in [1.165, 1.54) is 11.8 Å². The van der Waals surface area contributed by atoms with Crippen molar-refractivity contribution in [2.45, 2.75) is 32.4 Å². The van der Waals surface area contributed by atoms with E-state index < -0.39 is 15.6 Å². The second kappa shape index (κ2) is 5.82. The van der Waals surface area contributed by atoms with Gasteiger partial charge in [0.2, 0.25) is 10.0 Å². The second-order valence-corrected chi connectivity index (χ2v) is 7.02. The van der Waals surface area contributed by atoms with Crippen LogP contribution in [0.4, 0.5) is 0 Å². The van der Waals surface area contributed by atoms with Gasteiger partial charge in [0, 0.05) is 18.1 Å². The van der Waals surface area contributed by atoms with Crippen LogP contribution < -0.4 is 10.0 Å². The van der Waals surface area contributed by atoms with Crippen LogP contribution in [0.1, 0.15) is 32.4 Å². The molecule has 1 rings (SSSR count). The number of nitrogens with one attached hydrogen (secondary N) is 2. The maximum atomic E-state index is 11.2. The van der Waals surface area contributed by atoms with Crippen molar-refractivity contribution in [1.82, 2.24) is 10.0 Å². The summed E-state index contributed by atoms with van der Waals surface area (Å²) in [4.78, 5) is 0. The van der Waals surface area contributed by atoms with Gasteiger partial charge in [-0.2, -0.15) is 0 Å². The third kappa shape index (κ3) is 5.62. The van der Waals surface area contributed by atoms with Crippen molar-refractivity contribution in [2.24, 2.45) is 0 Å². The quantitative estimate of drug-likeness (QED) is 0.826. The van der Waals surface area contributed by atoms with Crippen molar-refractivity contribution in [3.8, 4) is 0 Å². The molecular weight excluding hydrogens is 248 g/mol. The van der Waals surface area contributed by atoms with Gasteiger partial charge in [0.1, 0.15) is 0 Å². The molecule has 1 aromatic rings. The molecule has 0 bridgehead atoms. The number of rotatable bonds is 6. The van der Waals surface area contributed by atoms with Crippen LogP contribution in [0.5, 0.6) is 0 Å². The number of hydrogen-bond acceptors (Lipinski definition) is 3. The van der Waals surface area contributed by atoms with Crippen LogP contribution in [-0.2, 0) is 10.0 Å². The van der Waals surface area contributed by atoms with Crippen molar-refractivity contribution in [3.63, 3.8) is 0 Å². The number of hydrogen-bond donors (Lipinski definition) is 2.